The van der Waals surface area contributed by atoms with Gasteiger partial charge in [0, 0.05) is 5.56 Å². The fourth-order valence-electron chi connectivity index (χ4n) is 3.40. The van der Waals surface area contributed by atoms with Crippen molar-refractivity contribution in [1.29, 1.82) is 0 Å². The zero-order valence-electron chi connectivity index (χ0n) is 16.7. The Balaban J connectivity index is 1.87. The van der Waals surface area contributed by atoms with Crippen LogP contribution in [-0.2, 0) is 9.47 Å². The molecule has 2 aromatic rings. The Morgan fingerprint density at radius 3 is 2.41 bits per heavy atom. The minimum Gasteiger partial charge on any atom is -0.462 e. The van der Waals surface area contributed by atoms with Crippen molar-refractivity contribution in [3.05, 3.63) is 51.9 Å². The number of esters is 2. The molecule has 1 fully saturated rings. The molecule has 1 aliphatic rings. The maximum atomic E-state index is 12.8. The highest BCUT2D eigenvalue weighted by Crippen LogP contribution is 2.35. The molecule has 3 rings (SSSR count). The summed E-state index contributed by atoms with van der Waals surface area (Å²) in [6.07, 6.45) is 4.89. The van der Waals surface area contributed by atoms with Gasteiger partial charge in [-0.1, -0.05) is 24.6 Å². The quantitative estimate of drug-likeness (QED) is 0.673. The van der Waals surface area contributed by atoms with Crippen molar-refractivity contribution in [1.82, 2.24) is 0 Å². The first-order valence-electron chi connectivity index (χ1n) is 9.89. The Morgan fingerprint density at radius 2 is 1.76 bits per heavy atom. The normalized spacial score (nSPS) is 14.3. The number of amides is 1. The van der Waals surface area contributed by atoms with Gasteiger partial charge >= 0.3 is 11.9 Å². The monoisotopic (exact) mass is 415 g/mol. The molecule has 0 spiro atoms. The van der Waals surface area contributed by atoms with E-state index in [0.717, 1.165) is 43.4 Å². The summed E-state index contributed by atoms with van der Waals surface area (Å²) in [5, 5.41) is 3.05. The Kier molecular flexibility index (Phi) is 7.04. The minimum absolute atomic E-state index is 0.0915. The Labute approximate surface area is 174 Å². The lowest BCUT2D eigenvalue weighted by Gasteiger charge is -2.21. The van der Waals surface area contributed by atoms with Crippen molar-refractivity contribution in [2.24, 2.45) is 0 Å². The molecule has 1 heterocycles. The number of nitrogens with one attached hydrogen (secondary N) is 1. The van der Waals surface area contributed by atoms with Crippen molar-refractivity contribution in [3.8, 4) is 0 Å². The van der Waals surface area contributed by atoms with Crippen LogP contribution in [0.4, 0.5) is 5.00 Å². The van der Waals surface area contributed by atoms with Crippen LogP contribution in [0.5, 0.6) is 0 Å². The van der Waals surface area contributed by atoms with Crippen LogP contribution in [0.1, 0.15) is 75.0 Å². The molecule has 1 aromatic heterocycles. The predicted molar refractivity (Wildman–Crippen MR) is 112 cm³/mol. The van der Waals surface area contributed by atoms with Crippen LogP contribution in [0.15, 0.2) is 30.3 Å². The molecule has 1 N–H and O–H groups in total. The molecule has 1 saturated carbocycles. The number of anilines is 1. The molecule has 0 unspecified atom stereocenters. The topological polar surface area (TPSA) is 81.7 Å². The first-order valence-corrected chi connectivity index (χ1v) is 10.7. The molecule has 29 heavy (non-hydrogen) atoms. The van der Waals surface area contributed by atoms with Crippen LogP contribution < -0.4 is 5.32 Å². The Morgan fingerprint density at radius 1 is 1.07 bits per heavy atom. The van der Waals surface area contributed by atoms with E-state index < -0.39 is 11.9 Å². The van der Waals surface area contributed by atoms with Crippen molar-refractivity contribution < 1.29 is 23.9 Å². The molecule has 0 atom stereocenters. The lowest BCUT2D eigenvalue weighted by Crippen LogP contribution is -2.21. The van der Waals surface area contributed by atoms with Crippen LogP contribution >= 0.6 is 11.3 Å². The summed E-state index contributed by atoms with van der Waals surface area (Å²) in [7, 11) is 0. The molecule has 1 amide bonds. The number of rotatable bonds is 6. The minimum atomic E-state index is -0.568. The van der Waals surface area contributed by atoms with Crippen molar-refractivity contribution >= 4 is 34.2 Å². The van der Waals surface area contributed by atoms with E-state index in [9.17, 15) is 14.4 Å². The maximum Gasteiger partial charge on any atom is 0.348 e. The highest BCUT2D eigenvalue weighted by atomic mass is 32.1. The third kappa shape index (κ3) is 5.03. The van der Waals surface area contributed by atoms with E-state index in [2.05, 4.69) is 5.32 Å². The molecule has 7 heteroatoms. The lowest BCUT2D eigenvalue weighted by atomic mass is 9.98. The largest absolute Gasteiger partial charge is 0.462 e. The zero-order chi connectivity index (χ0) is 20.8. The second kappa shape index (κ2) is 9.69. The number of ether oxygens (including phenoxy) is 2. The maximum absolute atomic E-state index is 12.8. The number of carbonyl (C=O) groups is 3. The van der Waals surface area contributed by atoms with Crippen LogP contribution in [0.3, 0.4) is 0 Å². The van der Waals surface area contributed by atoms with E-state index in [-0.39, 0.29) is 24.2 Å². The molecular weight excluding hydrogens is 390 g/mol. The molecule has 6 nitrogen and oxygen atoms in total. The highest BCUT2D eigenvalue weighted by Gasteiger charge is 2.29. The van der Waals surface area contributed by atoms with Gasteiger partial charge in [-0.15, -0.1) is 11.3 Å². The smallest absolute Gasteiger partial charge is 0.348 e. The summed E-state index contributed by atoms with van der Waals surface area (Å²) < 4.78 is 10.8. The van der Waals surface area contributed by atoms with Gasteiger partial charge in [-0.25, -0.2) is 9.59 Å². The van der Waals surface area contributed by atoms with Gasteiger partial charge in [-0.3, -0.25) is 4.79 Å². The summed E-state index contributed by atoms with van der Waals surface area (Å²) in [6, 6.07) is 8.69. The average molecular weight is 416 g/mol. The van der Waals surface area contributed by atoms with Gasteiger partial charge in [0.2, 0.25) is 0 Å². The SMILES string of the molecule is CCOC(=O)c1c(NC(=O)c2ccccc2)sc(C(=O)OC2CCCCC2)c1C. The van der Waals surface area contributed by atoms with Crippen LogP contribution in [0.25, 0.3) is 0 Å². The van der Waals surface area contributed by atoms with Gasteiger partial charge in [-0.05, 0) is 57.2 Å². The molecule has 0 radical (unpaired) electrons. The second-order valence-corrected chi connectivity index (χ2v) is 7.99. The number of thiophene rings is 1. The van der Waals surface area contributed by atoms with Gasteiger partial charge in [-0.2, -0.15) is 0 Å². The van der Waals surface area contributed by atoms with Crippen molar-refractivity contribution in [3.63, 3.8) is 0 Å². The Hall–Kier alpha value is -2.67. The summed E-state index contributed by atoms with van der Waals surface area (Å²) in [4.78, 5) is 38.2. The van der Waals surface area contributed by atoms with E-state index in [1.807, 2.05) is 6.07 Å². The van der Waals surface area contributed by atoms with Gasteiger partial charge in [0.1, 0.15) is 16.0 Å². The van der Waals surface area contributed by atoms with E-state index >= 15 is 0 Å². The fourth-order valence-corrected chi connectivity index (χ4v) is 4.47. The summed E-state index contributed by atoms with van der Waals surface area (Å²) in [6.45, 7) is 3.58. The molecule has 0 bridgehead atoms. The molecule has 0 saturated heterocycles. The van der Waals surface area contributed by atoms with Crippen molar-refractivity contribution in [2.75, 3.05) is 11.9 Å². The van der Waals surface area contributed by atoms with Gasteiger partial charge < -0.3 is 14.8 Å². The number of hydrogen-bond acceptors (Lipinski definition) is 6. The van der Waals surface area contributed by atoms with Gasteiger partial charge in [0.15, 0.2) is 0 Å². The standard InChI is InChI=1S/C22H25NO5S/c1-3-27-21(25)17-14(2)18(22(26)28-16-12-8-5-9-13-16)29-20(17)23-19(24)15-10-6-4-7-11-15/h4,6-7,10-11,16H,3,5,8-9,12-13H2,1-2H3,(H,23,24). The first-order chi connectivity index (χ1) is 14.0. The van der Waals surface area contributed by atoms with E-state index in [1.165, 1.54) is 0 Å². The summed E-state index contributed by atoms with van der Waals surface area (Å²) >= 11 is 1.05. The average Bonchev–Trinajstić information content (AvgIpc) is 3.05. The molecular formula is C22H25NO5S. The number of hydrogen-bond donors (Lipinski definition) is 1. The van der Waals surface area contributed by atoms with Crippen molar-refractivity contribution in [2.45, 2.75) is 52.1 Å². The molecule has 154 valence electrons. The van der Waals surface area contributed by atoms with Crippen LogP contribution in [0, 0.1) is 6.92 Å². The predicted octanol–water partition coefficient (Wildman–Crippen LogP) is 4.98. The van der Waals surface area contributed by atoms with Gasteiger partial charge in [0.05, 0.1) is 12.2 Å². The van der Waals surface area contributed by atoms with Crippen LogP contribution in [-0.4, -0.2) is 30.6 Å². The zero-order valence-corrected chi connectivity index (χ0v) is 17.5. The van der Waals surface area contributed by atoms with E-state index in [1.54, 1.807) is 38.1 Å². The second-order valence-electron chi connectivity index (χ2n) is 6.97. The van der Waals surface area contributed by atoms with Gasteiger partial charge in [0.25, 0.3) is 5.91 Å². The molecule has 0 aliphatic heterocycles. The number of benzene rings is 1. The Bertz CT molecular complexity index is 884. The first kappa shape index (κ1) is 21.0. The third-order valence-electron chi connectivity index (χ3n) is 4.90. The summed E-state index contributed by atoms with van der Waals surface area (Å²) in [5.41, 5.74) is 1.13. The molecule has 1 aromatic carbocycles. The molecule has 1 aliphatic carbocycles. The van der Waals surface area contributed by atoms with E-state index in [4.69, 9.17) is 9.47 Å². The van der Waals surface area contributed by atoms with Crippen LogP contribution in [0.2, 0.25) is 0 Å². The highest BCUT2D eigenvalue weighted by molar-refractivity contribution is 7.18. The third-order valence-corrected chi connectivity index (χ3v) is 6.09. The summed E-state index contributed by atoms with van der Waals surface area (Å²) in [5.74, 6) is -1.38. The lowest BCUT2D eigenvalue weighted by molar-refractivity contribution is 0.0216. The number of carbonyl (C=O) groups excluding carboxylic acids is 3. The fraction of sp³-hybridized carbons (Fsp3) is 0.409. The van der Waals surface area contributed by atoms with E-state index in [0.29, 0.717) is 21.0 Å².